The van der Waals surface area contributed by atoms with Gasteiger partial charge in [-0.1, -0.05) is 13.0 Å². The van der Waals surface area contributed by atoms with Gasteiger partial charge < -0.3 is 5.73 Å². The zero-order valence-corrected chi connectivity index (χ0v) is 5.60. The van der Waals surface area contributed by atoms with Gasteiger partial charge in [0.25, 0.3) is 0 Å². The van der Waals surface area contributed by atoms with E-state index in [0.29, 0.717) is 12.8 Å². The highest BCUT2D eigenvalue weighted by Gasteiger charge is 2.17. The Bertz CT molecular complexity index is 131. The fraction of sp³-hybridized carbons (Fsp3) is 0.714. The molecule has 2 N–H and O–H groups in total. The number of alkyl halides is 1. The van der Waals surface area contributed by atoms with E-state index in [1.165, 1.54) is 0 Å². The fourth-order valence-corrected chi connectivity index (χ4v) is 1.08. The molecule has 0 fully saturated rings. The molecule has 2 heteroatoms. The van der Waals surface area contributed by atoms with E-state index >= 15 is 0 Å². The van der Waals surface area contributed by atoms with E-state index in [0.717, 1.165) is 5.70 Å². The maximum atomic E-state index is 12.5. The van der Waals surface area contributed by atoms with Crippen LogP contribution in [0, 0.1) is 5.92 Å². The SMILES string of the molecule is CC1CC(F)CC=C1N. The van der Waals surface area contributed by atoms with Gasteiger partial charge in [-0.15, -0.1) is 0 Å². The standard InChI is InChI=1S/C7H12FN/c1-5-4-6(8)2-3-7(5)9/h3,5-6H,2,4,9H2,1H3. The summed E-state index contributed by atoms with van der Waals surface area (Å²) in [5.74, 6) is 0.244. The van der Waals surface area contributed by atoms with Crippen LogP contribution in [0.3, 0.4) is 0 Å². The van der Waals surface area contributed by atoms with Crippen LogP contribution in [0.1, 0.15) is 19.8 Å². The molecule has 1 aliphatic rings. The third kappa shape index (κ3) is 1.44. The van der Waals surface area contributed by atoms with Crippen molar-refractivity contribution in [2.75, 3.05) is 0 Å². The Balaban J connectivity index is 2.56. The second-order valence-electron chi connectivity index (χ2n) is 2.67. The van der Waals surface area contributed by atoms with Crippen LogP contribution >= 0.6 is 0 Å². The van der Waals surface area contributed by atoms with Gasteiger partial charge in [-0.2, -0.15) is 0 Å². The lowest BCUT2D eigenvalue weighted by Crippen LogP contribution is -2.18. The van der Waals surface area contributed by atoms with E-state index in [2.05, 4.69) is 0 Å². The van der Waals surface area contributed by atoms with Gasteiger partial charge in [-0.3, -0.25) is 0 Å². The first-order valence-corrected chi connectivity index (χ1v) is 3.29. The van der Waals surface area contributed by atoms with Crippen molar-refractivity contribution in [1.82, 2.24) is 0 Å². The molecule has 1 nitrogen and oxygen atoms in total. The molecule has 0 aromatic heterocycles. The van der Waals surface area contributed by atoms with Crippen LogP contribution in [0.25, 0.3) is 0 Å². The summed E-state index contributed by atoms with van der Waals surface area (Å²) in [6.07, 6.45) is 2.24. The third-order valence-electron chi connectivity index (χ3n) is 1.79. The molecular weight excluding hydrogens is 117 g/mol. The molecular formula is C7H12FN. The molecule has 0 radical (unpaired) electrons. The smallest absolute Gasteiger partial charge is 0.104 e. The first kappa shape index (κ1) is 6.59. The quantitative estimate of drug-likeness (QED) is 0.528. The Kier molecular flexibility index (Phi) is 1.74. The minimum absolute atomic E-state index is 0.244. The van der Waals surface area contributed by atoms with Crippen LogP contribution < -0.4 is 5.73 Å². The van der Waals surface area contributed by atoms with Crippen LogP contribution in [-0.2, 0) is 0 Å². The highest BCUT2D eigenvalue weighted by molar-refractivity contribution is 5.05. The Morgan fingerprint density at radius 2 is 2.44 bits per heavy atom. The van der Waals surface area contributed by atoms with Gasteiger partial charge in [0.15, 0.2) is 0 Å². The van der Waals surface area contributed by atoms with Gasteiger partial charge in [0.1, 0.15) is 6.17 Å². The molecule has 0 saturated heterocycles. The van der Waals surface area contributed by atoms with Gasteiger partial charge in [-0.05, 0) is 18.8 Å². The Labute approximate surface area is 54.7 Å². The van der Waals surface area contributed by atoms with Crippen molar-refractivity contribution < 1.29 is 4.39 Å². The van der Waals surface area contributed by atoms with E-state index in [1.807, 2.05) is 6.92 Å². The second-order valence-corrected chi connectivity index (χ2v) is 2.67. The Morgan fingerprint density at radius 3 is 2.89 bits per heavy atom. The normalized spacial score (nSPS) is 36.0. The van der Waals surface area contributed by atoms with Gasteiger partial charge in [0.2, 0.25) is 0 Å². The van der Waals surface area contributed by atoms with E-state index in [1.54, 1.807) is 6.08 Å². The van der Waals surface area contributed by atoms with E-state index in [-0.39, 0.29) is 5.92 Å². The van der Waals surface area contributed by atoms with Gasteiger partial charge in [0.05, 0.1) is 0 Å². The summed E-state index contributed by atoms with van der Waals surface area (Å²) in [4.78, 5) is 0. The van der Waals surface area contributed by atoms with E-state index in [4.69, 9.17) is 5.73 Å². The topological polar surface area (TPSA) is 26.0 Å². The zero-order valence-electron chi connectivity index (χ0n) is 5.60. The van der Waals surface area contributed by atoms with Crippen LogP contribution in [0.15, 0.2) is 11.8 Å². The lowest BCUT2D eigenvalue weighted by Gasteiger charge is -2.19. The maximum Gasteiger partial charge on any atom is 0.104 e. The van der Waals surface area contributed by atoms with Crippen molar-refractivity contribution in [2.24, 2.45) is 11.7 Å². The Hall–Kier alpha value is -0.530. The van der Waals surface area contributed by atoms with Gasteiger partial charge in [-0.25, -0.2) is 4.39 Å². The van der Waals surface area contributed by atoms with Crippen molar-refractivity contribution >= 4 is 0 Å². The molecule has 0 saturated carbocycles. The van der Waals surface area contributed by atoms with Crippen molar-refractivity contribution in [3.05, 3.63) is 11.8 Å². The van der Waals surface area contributed by atoms with Gasteiger partial charge >= 0.3 is 0 Å². The Morgan fingerprint density at radius 1 is 1.78 bits per heavy atom. The van der Waals surface area contributed by atoms with Crippen molar-refractivity contribution in [1.29, 1.82) is 0 Å². The minimum Gasteiger partial charge on any atom is -0.402 e. The molecule has 1 aliphatic carbocycles. The third-order valence-corrected chi connectivity index (χ3v) is 1.79. The molecule has 0 amide bonds. The fourth-order valence-electron chi connectivity index (χ4n) is 1.08. The summed E-state index contributed by atoms with van der Waals surface area (Å²) in [5, 5.41) is 0. The highest BCUT2D eigenvalue weighted by Crippen LogP contribution is 2.22. The van der Waals surface area contributed by atoms with Crippen molar-refractivity contribution in [3.63, 3.8) is 0 Å². The number of hydrogen-bond acceptors (Lipinski definition) is 1. The summed E-state index contributed by atoms with van der Waals surface area (Å²) in [7, 11) is 0. The number of rotatable bonds is 0. The molecule has 0 heterocycles. The summed E-state index contributed by atoms with van der Waals surface area (Å²) in [5.41, 5.74) is 6.39. The second kappa shape index (κ2) is 2.38. The number of allylic oxidation sites excluding steroid dienone is 2. The van der Waals surface area contributed by atoms with Gasteiger partial charge in [0, 0.05) is 5.70 Å². The molecule has 0 aromatic carbocycles. The summed E-state index contributed by atoms with van der Waals surface area (Å²) in [6.45, 7) is 1.96. The van der Waals surface area contributed by atoms with Crippen molar-refractivity contribution in [2.45, 2.75) is 25.9 Å². The van der Waals surface area contributed by atoms with Crippen LogP contribution in [0.5, 0.6) is 0 Å². The van der Waals surface area contributed by atoms with E-state index < -0.39 is 6.17 Å². The largest absolute Gasteiger partial charge is 0.402 e. The summed E-state index contributed by atoms with van der Waals surface area (Å²) >= 11 is 0. The minimum atomic E-state index is -0.660. The molecule has 1 rings (SSSR count). The maximum absolute atomic E-state index is 12.5. The monoisotopic (exact) mass is 129 g/mol. The molecule has 2 atom stereocenters. The molecule has 0 bridgehead atoms. The van der Waals surface area contributed by atoms with Crippen LogP contribution in [0.2, 0.25) is 0 Å². The number of hydrogen-bond donors (Lipinski definition) is 1. The molecule has 52 valence electrons. The molecule has 0 spiro atoms. The number of halogens is 1. The predicted octanol–water partition coefficient (Wildman–Crippen LogP) is 1.60. The first-order valence-electron chi connectivity index (χ1n) is 3.29. The average Bonchev–Trinajstić information content (AvgIpc) is 1.80. The molecule has 2 unspecified atom stereocenters. The molecule has 0 aromatic rings. The lowest BCUT2D eigenvalue weighted by molar-refractivity contribution is 0.276. The summed E-state index contributed by atoms with van der Waals surface area (Å²) < 4.78 is 12.5. The number of nitrogens with two attached hydrogens (primary N) is 1. The first-order chi connectivity index (χ1) is 4.20. The lowest BCUT2D eigenvalue weighted by atomic mass is 9.93. The zero-order chi connectivity index (χ0) is 6.85. The molecule has 9 heavy (non-hydrogen) atoms. The molecule has 0 aliphatic heterocycles. The van der Waals surface area contributed by atoms with Crippen molar-refractivity contribution in [3.8, 4) is 0 Å². The predicted molar refractivity (Wildman–Crippen MR) is 35.6 cm³/mol. The highest BCUT2D eigenvalue weighted by atomic mass is 19.1. The van der Waals surface area contributed by atoms with E-state index in [9.17, 15) is 4.39 Å². The van der Waals surface area contributed by atoms with Crippen LogP contribution in [0.4, 0.5) is 4.39 Å². The summed E-state index contributed by atoms with van der Waals surface area (Å²) in [6, 6.07) is 0. The average molecular weight is 129 g/mol. The van der Waals surface area contributed by atoms with Crippen LogP contribution in [-0.4, -0.2) is 6.17 Å².